The fourth-order valence-corrected chi connectivity index (χ4v) is 5.85. The Morgan fingerprint density at radius 2 is 1.70 bits per heavy atom. The van der Waals surface area contributed by atoms with Crippen LogP contribution < -0.4 is 0 Å². The Labute approximate surface area is 161 Å². The minimum absolute atomic E-state index is 0.0695. The topological polar surface area (TPSA) is 74.8 Å². The Hall–Kier alpha value is -1.73. The van der Waals surface area contributed by atoms with Crippen LogP contribution in [0.15, 0.2) is 30.3 Å². The minimum Gasteiger partial charge on any atom is -0.341 e. The van der Waals surface area contributed by atoms with E-state index in [9.17, 15) is 18.0 Å². The van der Waals surface area contributed by atoms with Gasteiger partial charge in [0, 0.05) is 31.1 Å². The van der Waals surface area contributed by atoms with Gasteiger partial charge in [-0.1, -0.05) is 37.3 Å². The number of sulfonamides is 1. The summed E-state index contributed by atoms with van der Waals surface area (Å²) in [4.78, 5) is 27.3. The zero-order chi connectivity index (χ0) is 19.4. The van der Waals surface area contributed by atoms with Crippen LogP contribution in [0.2, 0.25) is 0 Å². The molecule has 0 spiro atoms. The highest BCUT2D eigenvalue weighted by molar-refractivity contribution is 7.89. The Bertz CT molecular complexity index is 770. The van der Waals surface area contributed by atoms with Gasteiger partial charge in [0.25, 0.3) is 0 Å². The molecule has 27 heavy (non-hydrogen) atoms. The quantitative estimate of drug-likeness (QED) is 0.696. The lowest BCUT2D eigenvalue weighted by molar-refractivity contribution is -0.135. The third-order valence-electron chi connectivity index (χ3n) is 5.54. The monoisotopic (exact) mass is 392 g/mol. The second kappa shape index (κ2) is 8.52. The van der Waals surface area contributed by atoms with Crippen molar-refractivity contribution >= 4 is 21.7 Å². The average molecular weight is 393 g/mol. The summed E-state index contributed by atoms with van der Waals surface area (Å²) in [6.45, 7) is 3.29. The van der Waals surface area contributed by atoms with E-state index in [1.165, 1.54) is 4.31 Å². The van der Waals surface area contributed by atoms with Gasteiger partial charge in [-0.2, -0.15) is 4.31 Å². The maximum atomic E-state index is 12.9. The number of Topliss-reactive ketones (excluding diaryl/α,β-unsaturated/α-hetero) is 1. The highest BCUT2D eigenvalue weighted by Gasteiger charge is 2.41. The predicted octanol–water partition coefficient (Wildman–Crippen LogP) is 2.31. The first-order chi connectivity index (χ1) is 12.9. The molecule has 0 N–H and O–H groups in total. The third-order valence-corrected chi connectivity index (χ3v) is 7.62. The molecular weight excluding hydrogens is 364 g/mol. The molecule has 1 aromatic rings. The molecule has 0 aromatic heterocycles. The lowest BCUT2D eigenvalue weighted by Gasteiger charge is -2.34. The van der Waals surface area contributed by atoms with Crippen molar-refractivity contribution in [2.45, 2.75) is 45.1 Å². The van der Waals surface area contributed by atoms with Crippen LogP contribution in [-0.2, 0) is 14.8 Å². The van der Waals surface area contributed by atoms with Crippen LogP contribution in [0, 0.1) is 5.92 Å². The summed E-state index contributed by atoms with van der Waals surface area (Å²) in [7, 11) is -3.37. The molecule has 2 saturated heterocycles. The van der Waals surface area contributed by atoms with E-state index in [0.29, 0.717) is 45.3 Å². The highest BCUT2D eigenvalue weighted by atomic mass is 32.2. The highest BCUT2D eigenvalue weighted by Crippen LogP contribution is 2.27. The second-order valence-corrected chi connectivity index (χ2v) is 9.46. The number of hydrogen-bond acceptors (Lipinski definition) is 4. The Kier molecular flexibility index (Phi) is 6.32. The van der Waals surface area contributed by atoms with Crippen LogP contribution in [0.3, 0.4) is 0 Å². The minimum atomic E-state index is -3.37. The molecule has 1 unspecified atom stereocenters. The summed E-state index contributed by atoms with van der Waals surface area (Å²) >= 11 is 0. The van der Waals surface area contributed by atoms with Crippen molar-refractivity contribution in [3.8, 4) is 0 Å². The number of amides is 1. The fourth-order valence-electron chi connectivity index (χ4n) is 4.11. The van der Waals surface area contributed by atoms with Crippen LogP contribution in [0.5, 0.6) is 0 Å². The van der Waals surface area contributed by atoms with Crippen molar-refractivity contribution in [1.29, 1.82) is 0 Å². The normalized spacial score (nSPS) is 22.1. The van der Waals surface area contributed by atoms with E-state index in [0.717, 1.165) is 12.0 Å². The molecule has 2 fully saturated rings. The second-order valence-electron chi connectivity index (χ2n) is 7.41. The van der Waals surface area contributed by atoms with Gasteiger partial charge in [-0.15, -0.1) is 0 Å². The van der Waals surface area contributed by atoms with E-state index >= 15 is 0 Å². The van der Waals surface area contributed by atoms with E-state index in [1.54, 1.807) is 4.90 Å². The van der Waals surface area contributed by atoms with Gasteiger partial charge in [0.1, 0.15) is 6.04 Å². The first-order valence-electron chi connectivity index (χ1n) is 9.81. The number of carbonyl (C=O) groups excluding carboxylic acids is 2. The van der Waals surface area contributed by atoms with Crippen LogP contribution >= 0.6 is 0 Å². The van der Waals surface area contributed by atoms with Crippen molar-refractivity contribution in [3.63, 3.8) is 0 Å². The molecule has 148 valence electrons. The van der Waals surface area contributed by atoms with Crippen LogP contribution in [0.1, 0.15) is 49.4 Å². The van der Waals surface area contributed by atoms with Crippen molar-refractivity contribution in [2.24, 2.45) is 5.92 Å². The van der Waals surface area contributed by atoms with Gasteiger partial charge in [-0.25, -0.2) is 8.42 Å². The maximum absolute atomic E-state index is 12.9. The van der Waals surface area contributed by atoms with Crippen LogP contribution in [0.25, 0.3) is 0 Å². The summed E-state index contributed by atoms with van der Waals surface area (Å²) in [6, 6.07) is 8.69. The van der Waals surface area contributed by atoms with E-state index in [4.69, 9.17) is 0 Å². The molecule has 1 atom stereocenters. The Morgan fingerprint density at radius 1 is 1.04 bits per heavy atom. The summed E-state index contributed by atoms with van der Waals surface area (Å²) in [5.74, 6) is 0.0539. The predicted molar refractivity (Wildman–Crippen MR) is 104 cm³/mol. The van der Waals surface area contributed by atoms with Crippen molar-refractivity contribution in [1.82, 2.24) is 9.21 Å². The number of likely N-dealkylation sites (tertiary alicyclic amines) is 1. The smallest absolute Gasteiger partial charge is 0.241 e. The number of ketones is 1. The summed E-state index contributed by atoms with van der Waals surface area (Å²) < 4.78 is 26.3. The molecule has 1 amide bonds. The van der Waals surface area contributed by atoms with Crippen LogP contribution in [0.4, 0.5) is 0 Å². The van der Waals surface area contributed by atoms with Gasteiger partial charge in [-0.05, 0) is 32.1 Å². The summed E-state index contributed by atoms with van der Waals surface area (Å²) in [6.07, 6.45) is 3.13. The van der Waals surface area contributed by atoms with Gasteiger partial charge in [0.2, 0.25) is 15.9 Å². The average Bonchev–Trinajstić information content (AvgIpc) is 3.18. The lowest BCUT2D eigenvalue weighted by atomic mass is 9.88. The number of nitrogens with zero attached hydrogens (tertiary/aromatic N) is 2. The van der Waals surface area contributed by atoms with Gasteiger partial charge in [0.05, 0.1) is 5.75 Å². The molecule has 2 aliphatic heterocycles. The van der Waals surface area contributed by atoms with Gasteiger partial charge >= 0.3 is 0 Å². The first-order valence-corrected chi connectivity index (χ1v) is 11.4. The SMILES string of the molecule is CCCS(=O)(=O)N1CCCC1C(=O)N1CCC(C(=O)c2ccccc2)CC1. The van der Waals surface area contributed by atoms with E-state index in [-0.39, 0.29) is 23.4 Å². The molecule has 0 bridgehead atoms. The Morgan fingerprint density at radius 3 is 2.33 bits per heavy atom. The molecule has 1 aromatic carbocycles. The summed E-state index contributed by atoms with van der Waals surface area (Å²) in [5.41, 5.74) is 0.718. The maximum Gasteiger partial charge on any atom is 0.241 e. The fraction of sp³-hybridized carbons (Fsp3) is 0.600. The van der Waals surface area contributed by atoms with E-state index in [1.807, 2.05) is 37.3 Å². The molecule has 7 heteroatoms. The Balaban J connectivity index is 1.60. The molecule has 2 heterocycles. The van der Waals surface area contributed by atoms with E-state index < -0.39 is 16.1 Å². The lowest BCUT2D eigenvalue weighted by Crippen LogP contribution is -2.50. The number of piperidine rings is 1. The number of benzene rings is 1. The largest absolute Gasteiger partial charge is 0.341 e. The van der Waals surface area contributed by atoms with Gasteiger partial charge in [0.15, 0.2) is 5.78 Å². The number of carbonyl (C=O) groups is 2. The van der Waals surface area contributed by atoms with E-state index in [2.05, 4.69) is 0 Å². The molecule has 3 rings (SSSR count). The van der Waals surface area contributed by atoms with Crippen LogP contribution in [-0.4, -0.2) is 60.7 Å². The molecule has 0 radical (unpaired) electrons. The van der Waals surface area contributed by atoms with Crippen molar-refractivity contribution < 1.29 is 18.0 Å². The first kappa shape index (κ1) is 20.0. The zero-order valence-corrected chi connectivity index (χ0v) is 16.7. The molecule has 0 aliphatic carbocycles. The number of rotatable bonds is 6. The van der Waals surface area contributed by atoms with Crippen molar-refractivity contribution in [2.75, 3.05) is 25.4 Å². The number of hydrogen-bond donors (Lipinski definition) is 0. The summed E-state index contributed by atoms with van der Waals surface area (Å²) in [5, 5.41) is 0. The third kappa shape index (κ3) is 4.41. The standard InChI is InChI=1S/C20H28N2O4S/c1-2-15-27(25,26)22-12-6-9-18(22)20(24)21-13-10-17(11-14-21)19(23)16-7-4-3-5-8-16/h3-5,7-8,17-18H,2,6,9-15H2,1H3. The molecule has 6 nitrogen and oxygen atoms in total. The van der Waals surface area contributed by atoms with Gasteiger partial charge in [-0.3, -0.25) is 9.59 Å². The van der Waals surface area contributed by atoms with Gasteiger partial charge < -0.3 is 4.90 Å². The van der Waals surface area contributed by atoms with Crippen molar-refractivity contribution in [3.05, 3.63) is 35.9 Å². The zero-order valence-electron chi connectivity index (χ0n) is 15.8. The molecular formula is C20H28N2O4S. The molecule has 0 saturated carbocycles. The molecule has 2 aliphatic rings.